The molecular formula is C29H27FN4O5. The SMILES string of the molecule is COC(=O)C(NC(=O)c1onc(-c2ccc(NC(=O)Nc3ccc(F)cc3)cc2)c1-c1ccccc1)C(C)C. The Kier molecular flexibility index (Phi) is 8.35. The van der Waals surface area contributed by atoms with E-state index in [9.17, 15) is 18.8 Å². The Balaban J connectivity index is 1.59. The molecule has 0 spiro atoms. The first-order chi connectivity index (χ1) is 18.8. The third kappa shape index (κ3) is 6.48. The van der Waals surface area contributed by atoms with Crippen LogP contribution in [0, 0.1) is 11.7 Å². The summed E-state index contributed by atoms with van der Waals surface area (Å²) in [6, 6.07) is 20.0. The van der Waals surface area contributed by atoms with Crippen LogP contribution in [-0.4, -0.2) is 36.2 Å². The van der Waals surface area contributed by atoms with Gasteiger partial charge >= 0.3 is 12.0 Å². The topological polar surface area (TPSA) is 123 Å². The summed E-state index contributed by atoms with van der Waals surface area (Å²) in [6.45, 7) is 3.59. The minimum Gasteiger partial charge on any atom is -0.467 e. The summed E-state index contributed by atoms with van der Waals surface area (Å²) in [5.41, 5.74) is 3.13. The highest BCUT2D eigenvalue weighted by molar-refractivity contribution is 6.03. The highest BCUT2D eigenvalue weighted by Crippen LogP contribution is 2.35. The van der Waals surface area contributed by atoms with Gasteiger partial charge in [-0.15, -0.1) is 0 Å². The van der Waals surface area contributed by atoms with E-state index >= 15 is 0 Å². The molecule has 0 saturated carbocycles. The Morgan fingerprint density at radius 1 is 0.846 bits per heavy atom. The lowest BCUT2D eigenvalue weighted by atomic mass is 9.98. The van der Waals surface area contributed by atoms with Crippen LogP contribution in [0.15, 0.2) is 83.4 Å². The van der Waals surface area contributed by atoms with E-state index in [0.717, 1.165) is 0 Å². The standard InChI is InChI=1S/C29H27FN4O5/c1-17(2)24(28(36)38-3)33-27(35)26-23(18-7-5-4-6-8-18)25(34-39-26)19-9-13-21(14-10-19)31-29(37)32-22-15-11-20(30)12-16-22/h4-17,24H,1-3H3,(H,33,35)(H2,31,32,37). The minimum atomic E-state index is -0.869. The van der Waals surface area contributed by atoms with Gasteiger partial charge in [0.25, 0.3) is 5.91 Å². The van der Waals surface area contributed by atoms with Crippen molar-refractivity contribution in [2.24, 2.45) is 5.92 Å². The van der Waals surface area contributed by atoms with Gasteiger partial charge in [0.2, 0.25) is 5.76 Å². The Hall–Kier alpha value is -4.99. The van der Waals surface area contributed by atoms with Crippen LogP contribution in [0.5, 0.6) is 0 Å². The molecule has 1 aromatic heterocycles. The minimum absolute atomic E-state index is 0.0494. The van der Waals surface area contributed by atoms with Crippen LogP contribution >= 0.6 is 0 Å². The van der Waals surface area contributed by atoms with Gasteiger partial charge in [-0.25, -0.2) is 14.0 Å². The number of hydrogen-bond acceptors (Lipinski definition) is 6. The third-order valence-electron chi connectivity index (χ3n) is 5.89. The van der Waals surface area contributed by atoms with Gasteiger partial charge in [0.05, 0.1) is 12.7 Å². The van der Waals surface area contributed by atoms with E-state index in [1.54, 1.807) is 38.1 Å². The normalized spacial score (nSPS) is 11.5. The zero-order valence-corrected chi connectivity index (χ0v) is 21.5. The van der Waals surface area contributed by atoms with E-state index in [4.69, 9.17) is 9.26 Å². The fourth-order valence-corrected chi connectivity index (χ4v) is 3.88. The van der Waals surface area contributed by atoms with Crippen molar-refractivity contribution >= 4 is 29.3 Å². The number of ether oxygens (including phenoxy) is 1. The number of halogens is 1. The van der Waals surface area contributed by atoms with Gasteiger partial charge in [-0.05, 0) is 47.9 Å². The Morgan fingerprint density at radius 3 is 2.00 bits per heavy atom. The highest BCUT2D eigenvalue weighted by Gasteiger charge is 2.30. The fraction of sp³-hybridized carbons (Fsp3) is 0.172. The highest BCUT2D eigenvalue weighted by atomic mass is 19.1. The van der Waals surface area contributed by atoms with E-state index in [-0.39, 0.29) is 11.7 Å². The summed E-state index contributed by atoms with van der Waals surface area (Å²) in [7, 11) is 1.26. The van der Waals surface area contributed by atoms with Gasteiger partial charge in [-0.2, -0.15) is 0 Å². The zero-order valence-electron chi connectivity index (χ0n) is 21.5. The van der Waals surface area contributed by atoms with Crippen LogP contribution in [0.3, 0.4) is 0 Å². The zero-order chi connectivity index (χ0) is 27.9. The van der Waals surface area contributed by atoms with Crippen molar-refractivity contribution in [3.8, 4) is 22.4 Å². The van der Waals surface area contributed by atoms with E-state index in [0.29, 0.717) is 33.8 Å². The second kappa shape index (κ2) is 12.0. The van der Waals surface area contributed by atoms with Gasteiger partial charge in [0.1, 0.15) is 17.6 Å². The maximum atomic E-state index is 13.2. The number of carbonyl (C=O) groups excluding carboxylic acids is 3. The molecule has 4 aromatic rings. The van der Waals surface area contributed by atoms with Crippen molar-refractivity contribution in [1.82, 2.24) is 10.5 Å². The molecule has 10 heteroatoms. The van der Waals surface area contributed by atoms with Gasteiger partial charge < -0.3 is 25.2 Å². The maximum absolute atomic E-state index is 13.2. The van der Waals surface area contributed by atoms with Gasteiger partial charge in [0.15, 0.2) is 0 Å². The van der Waals surface area contributed by atoms with Gasteiger partial charge in [0, 0.05) is 16.9 Å². The van der Waals surface area contributed by atoms with E-state index in [2.05, 4.69) is 21.1 Å². The summed E-state index contributed by atoms with van der Waals surface area (Å²) in [6.07, 6.45) is 0. The summed E-state index contributed by atoms with van der Waals surface area (Å²) in [5, 5.41) is 12.2. The molecule has 3 amide bonds. The van der Waals surface area contributed by atoms with Crippen LogP contribution in [0.2, 0.25) is 0 Å². The molecule has 0 radical (unpaired) electrons. The molecule has 0 aliphatic carbocycles. The Bertz CT molecular complexity index is 1450. The summed E-state index contributed by atoms with van der Waals surface area (Å²) >= 11 is 0. The van der Waals surface area contributed by atoms with Crippen LogP contribution in [-0.2, 0) is 9.53 Å². The number of methoxy groups -OCH3 is 1. The largest absolute Gasteiger partial charge is 0.467 e. The monoisotopic (exact) mass is 530 g/mol. The molecule has 9 nitrogen and oxygen atoms in total. The molecule has 0 aliphatic rings. The van der Waals surface area contributed by atoms with Crippen molar-refractivity contribution in [3.05, 3.63) is 90.4 Å². The molecule has 1 heterocycles. The van der Waals surface area contributed by atoms with E-state index in [1.165, 1.54) is 31.4 Å². The summed E-state index contributed by atoms with van der Waals surface area (Å²) in [5.74, 6) is -1.84. The summed E-state index contributed by atoms with van der Waals surface area (Å²) in [4.78, 5) is 37.8. The number of amides is 3. The van der Waals surface area contributed by atoms with Crippen LogP contribution in [0.25, 0.3) is 22.4 Å². The first-order valence-electron chi connectivity index (χ1n) is 12.1. The smallest absolute Gasteiger partial charge is 0.328 e. The molecule has 0 bridgehead atoms. The second-order valence-electron chi connectivity index (χ2n) is 8.98. The van der Waals surface area contributed by atoms with Crippen molar-refractivity contribution < 1.29 is 28.0 Å². The fourth-order valence-electron chi connectivity index (χ4n) is 3.88. The van der Waals surface area contributed by atoms with E-state index < -0.39 is 29.8 Å². The second-order valence-corrected chi connectivity index (χ2v) is 8.98. The average molecular weight is 531 g/mol. The Labute approximate surface area is 224 Å². The first-order valence-corrected chi connectivity index (χ1v) is 12.1. The number of urea groups is 1. The number of carbonyl (C=O) groups is 3. The van der Waals surface area contributed by atoms with Crippen molar-refractivity contribution in [1.29, 1.82) is 0 Å². The van der Waals surface area contributed by atoms with Crippen LogP contribution < -0.4 is 16.0 Å². The van der Waals surface area contributed by atoms with Gasteiger partial charge in [-0.1, -0.05) is 61.5 Å². The molecule has 1 unspecified atom stereocenters. The predicted octanol–water partition coefficient (Wildman–Crippen LogP) is 5.72. The number of esters is 1. The third-order valence-corrected chi connectivity index (χ3v) is 5.89. The van der Waals surface area contributed by atoms with Crippen molar-refractivity contribution in [3.63, 3.8) is 0 Å². The molecule has 0 saturated heterocycles. The number of hydrogen-bond donors (Lipinski definition) is 3. The molecule has 1 atom stereocenters. The molecule has 4 rings (SSSR count). The van der Waals surface area contributed by atoms with E-state index in [1.807, 2.05) is 30.3 Å². The van der Waals surface area contributed by atoms with Crippen LogP contribution in [0.1, 0.15) is 24.4 Å². The van der Waals surface area contributed by atoms with Crippen molar-refractivity contribution in [2.45, 2.75) is 19.9 Å². The van der Waals surface area contributed by atoms with Crippen LogP contribution in [0.4, 0.5) is 20.6 Å². The molecule has 39 heavy (non-hydrogen) atoms. The van der Waals surface area contributed by atoms with Gasteiger partial charge in [-0.3, -0.25) is 4.79 Å². The number of nitrogens with zero attached hydrogens (tertiary/aromatic N) is 1. The molecule has 3 aromatic carbocycles. The van der Waals surface area contributed by atoms with Crippen molar-refractivity contribution in [2.75, 3.05) is 17.7 Å². The molecule has 0 aliphatic heterocycles. The number of nitrogens with one attached hydrogen (secondary N) is 3. The number of rotatable bonds is 8. The lowest BCUT2D eigenvalue weighted by molar-refractivity contribution is -0.144. The lowest BCUT2D eigenvalue weighted by Crippen LogP contribution is -2.45. The number of aromatic nitrogens is 1. The lowest BCUT2D eigenvalue weighted by Gasteiger charge is -2.19. The summed E-state index contributed by atoms with van der Waals surface area (Å²) < 4.78 is 23.4. The Morgan fingerprint density at radius 2 is 1.44 bits per heavy atom. The number of anilines is 2. The molecular weight excluding hydrogens is 503 g/mol. The first kappa shape index (κ1) is 27.1. The maximum Gasteiger partial charge on any atom is 0.328 e. The molecule has 3 N–H and O–H groups in total. The predicted molar refractivity (Wildman–Crippen MR) is 145 cm³/mol. The number of benzene rings is 3. The quantitative estimate of drug-likeness (QED) is 0.251. The molecule has 0 fully saturated rings. The average Bonchev–Trinajstić information content (AvgIpc) is 3.38. The molecule has 200 valence electrons.